The number of nitrogens with two attached hydrogens (primary N) is 1. The minimum absolute atomic E-state index is 0.162. The van der Waals surface area contributed by atoms with Crippen LogP contribution in [0.2, 0.25) is 0 Å². The second-order valence-corrected chi connectivity index (χ2v) is 5.36. The van der Waals surface area contributed by atoms with Crippen LogP contribution < -0.4 is 5.73 Å². The van der Waals surface area contributed by atoms with E-state index in [0.29, 0.717) is 11.7 Å². The highest BCUT2D eigenvalue weighted by Gasteiger charge is 2.42. The van der Waals surface area contributed by atoms with E-state index in [1.165, 1.54) is 36.8 Å². The summed E-state index contributed by atoms with van der Waals surface area (Å²) in [4.78, 5) is 0. The minimum Gasteiger partial charge on any atom is -0.508 e. The molecular formula is C14H19NO. The van der Waals surface area contributed by atoms with E-state index < -0.39 is 0 Å². The van der Waals surface area contributed by atoms with Gasteiger partial charge in [-0.05, 0) is 54.9 Å². The number of hydrogen-bond donors (Lipinski definition) is 2. The zero-order valence-electron chi connectivity index (χ0n) is 9.58. The Bertz CT molecular complexity index is 415. The van der Waals surface area contributed by atoms with Crippen LogP contribution in [0.5, 0.6) is 5.75 Å². The van der Waals surface area contributed by atoms with E-state index in [-0.39, 0.29) is 5.54 Å². The van der Waals surface area contributed by atoms with Crippen molar-refractivity contribution < 1.29 is 5.11 Å². The van der Waals surface area contributed by atoms with Crippen molar-refractivity contribution in [1.82, 2.24) is 0 Å². The molecule has 86 valence electrons. The number of rotatable bonds is 0. The number of aryl methyl sites for hydroxylation is 1. The number of benzene rings is 1. The summed E-state index contributed by atoms with van der Waals surface area (Å²) >= 11 is 0. The van der Waals surface area contributed by atoms with Crippen molar-refractivity contribution in [1.29, 1.82) is 0 Å². The highest BCUT2D eigenvalue weighted by atomic mass is 16.3. The standard InChI is InChI=1S/C14H19NO/c15-14-8-2-1-3-11(14)6-4-10-5-7-12(16)9-13(10)14/h5,7,9,11,16H,1-4,6,8,15H2/t11-,14+/m1/s1. The van der Waals surface area contributed by atoms with Gasteiger partial charge in [-0.3, -0.25) is 0 Å². The molecule has 3 rings (SSSR count). The molecule has 1 saturated carbocycles. The fourth-order valence-corrected chi connectivity index (χ4v) is 3.57. The Labute approximate surface area is 96.5 Å². The zero-order valence-corrected chi connectivity index (χ0v) is 9.58. The van der Waals surface area contributed by atoms with Crippen molar-refractivity contribution in [2.24, 2.45) is 11.7 Å². The van der Waals surface area contributed by atoms with Gasteiger partial charge in [-0.2, -0.15) is 0 Å². The minimum atomic E-state index is -0.162. The van der Waals surface area contributed by atoms with Crippen LogP contribution in [-0.2, 0) is 12.0 Å². The van der Waals surface area contributed by atoms with Gasteiger partial charge in [-0.25, -0.2) is 0 Å². The van der Waals surface area contributed by atoms with Crippen LogP contribution in [0.25, 0.3) is 0 Å². The van der Waals surface area contributed by atoms with Gasteiger partial charge in [0.15, 0.2) is 0 Å². The van der Waals surface area contributed by atoms with Crippen molar-refractivity contribution in [3.05, 3.63) is 29.3 Å². The maximum absolute atomic E-state index is 9.64. The summed E-state index contributed by atoms with van der Waals surface area (Å²) in [5.41, 5.74) is 9.03. The fourth-order valence-electron chi connectivity index (χ4n) is 3.57. The molecule has 0 aromatic heterocycles. The van der Waals surface area contributed by atoms with Gasteiger partial charge in [0, 0.05) is 5.54 Å². The van der Waals surface area contributed by atoms with Crippen molar-refractivity contribution in [2.45, 2.75) is 44.1 Å². The molecule has 0 radical (unpaired) electrons. The van der Waals surface area contributed by atoms with Gasteiger partial charge in [-0.15, -0.1) is 0 Å². The molecule has 16 heavy (non-hydrogen) atoms. The molecule has 2 aliphatic rings. The first-order valence-corrected chi connectivity index (χ1v) is 6.31. The van der Waals surface area contributed by atoms with Gasteiger partial charge >= 0.3 is 0 Å². The summed E-state index contributed by atoms with van der Waals surface area (Å²) in [5, 5.41) is 9.64. The molecule has 0 saturated heterocycles. The van der Waals surface area contributed by atoms with Crippen LogP contribution in [0.4, 0.5) is 0 Å². The number of hydrogen-bond acceptors (Lipinski definition) is 2. The van der Waals surface area contributed by atoms with E-state index in [1.54, 1.807) is 6.07 Å². The maximum Gasteiger partial charge on any atom is 0.115 e. The number of phenolic OH excluding ortho intramolecular Hbond substituents is 1. The zero-order chi connectivity index (χ0) is 11.2. The lowest BCUT2D eigenvalue weighted by Crippen LogP contribution is -2.49. The normalized spacial score (nSPS) is 32.9. The highest BCUT2D eigenvalue weighted by Crippen LogP contribution is 2.47. The Hall–Kier alpha value is -1.02. The third kappa shape index (κ3) is 1.36. The van der Waals surface area contributed by atoms with Crippen LogP contribution in [0.3, 0.4) is 0 Å². The van der Waals surface area contributed by atoms with Gasteiger partial charge in [0.1, 0.15) is 5.75 Å². The van der Waals surface area contributed by atoms with Gasteiger partial charge in [0.2, 0.25) is 0 Å². The molecule has 0 unspecified atom stereocenters. The largest absolute Gasteiger partial charge is 0.508 e. The molecule has 1 fully saturated rings. The number of fused-ring (bicyclic) bond motifs is 3. The van der Waals surface area contributed by atoms with Crippen molar-refractivity contribution >= 4 is 0 Å². The Balaban J connectivity index is 2.11. The lowest BCUT2D eigenvalue weighted by Gasteiger charge is -2.46. The smallest absolute Gasteiger partial charge is 0.115 e. The Morgan fingerprint density at radius 1 is 1.25 bits per heavy atom. The second-order valence-electron chi connectivity index (χ2n) is 5.36. The monoisotopic (exact) mass is 217 g/mol. The van der Waals surface area contributed by atoms with Crippen LogP contribution in [-0.4, -0.2) is 5.11 Å². The molecule has 2 aliphatic carbocycles. The van der Waals surface area contributed by atoms with E-state index in [4.69, 9.17) is 5.73 Å². The number of aromatic hydroxyl groups is 1. The fraction of sp³-hybridized carbons (Fsp3) is 0.571. The summed E-state index contributed by atoms with van der Waals surface area (Å²) in [6.07, 6.45) is 7.22. The van der Waals surface area contributed by atoms with Gasteiger partial charge in [-0.1, -0.05) is 18.9 Å². The molecule has 2 nitrogen and oxygen atoms in total. The third-order valence-corrected chi connectivity index (χ3v) is 4.48. The molecule has 2 atom stereocenters. The molecule has 0 spiro atoms. The van der Waals surface area contributed by atoms with E-state index >= 15 is 0 Å². The predicted octanol–water partition coefficient (Wildman–Crippen LogP) is 2.68. The molecule has 0 heterocycles. The quantitative estimate of drug-likeness (QED) is 0.702. The van der Waals surface area contributed by atoms with Gasteiger partial charge in [0.05, 0.1) is 0 Å². The molecule has 1 aromatic carbocycles. The lowest BCUT2D eigenvalue weighted by atomic mass is 9.63. The first-order chi connectivity index (χ1) is 7.70. The number of phenols is 1. The van der Waals surface area contributed by atoms with E-state index in [9.17, 15) is 5.11 Å². The van der Waals surface area contributed by atoms with Crippen molar-refractivity contribution in [3.63, 3.8) is 0 Å². The highest BCUT2D eigenvalue weighted by molar-refractivity contribution is 5.42. The topological polar surface area (TPSA) is 46.2 Å². The summed E-state index contributed by atoms with van der Waals surface area (Å²) in [7, 11) is 0. The second kappa shape index (κ2) is 3.49. The average molecular weight is 217 g/mol. The lowest BCUT2D eigenvalue weighted by molar-refractivity contribution is 0.165. The Morgan fingerprint density at radius 2 is 2.12 bits per heavy atom. The molecule has 1 aromatic rings. The first-order valence-electron chi connectivity index (χ1n) is 6.31. The van der Waals surface area contributed by atoms with Crippen LogP contribution in [0.15, 0.2) is 18.2 Å². The molecule has 0 amide bonds. The molecule has 0 aliphatic heterocycles. The molecular weight excluding hydrogens is 198 g/mol. The maximum atomic E-state index is 9.64. The summed E-state index contributed by atoms with van der Waals surface area (Å²) in [6, 6.07) is 5.72. The van der Waals surface area contributed by atoms with Gasteiger partial charge < -0.3 is 10.8 Å². The van der Waals surface area contributed by atoms with Gasteiger partial charge in [0.25, 0.3) is 0 Å². The Morgan fingerprint density at radius 3 is 3.00 bits per heavy atom. The molecule has 0 bridgehead atoms. The van der Waals surface area contributed by atoms with Crippen LogP contribution >= 0.6 is 0 Å². The van der Waals surface area contributed by atoms with Crippen LogP contribution in [0.1, 0.15) is 43.2 Å². The van der Waals surface area contributed by atoms with Crippen molar-refractivity contribution in [2.75, 3.05) is 0 Å². The van der Waals surface area contributed by atoms with E-state index in [0.717, 1.165) is 12.8 Å². The summed E-state index contributed by atoms with van der Waals surface area (Å²) in [5.74, 6) is 0.977. The molecule has 3 N–H and O–H groups in total. The first kappa shape index (κ1) is 10.2. The summed E-state index contributed by atoms with van der Waals surface area (Å²) in [6.45, 7) is 0. The average Bonchev–Trinajstić information content (AvgIpc) is 2.29. The van der Waals surface area contributed by atoms with Crippen molar-refractivity contribution in [3.8, 4) is 5.75 Å². The molecule has 2 heteroatoms. The van der Waals surface area contributed by atoms with Crippen LogP contribution in [0, 0.1) is 5.92 Å². The summed E-state index contributed by atoms with van der Waals surface area (Å²) < 4.78 is 0. The Kier molecular flexibility index (Phi) is 2.21. The van der Waals surface area contributed by atoms with E-state index in [1.807, 2.05) is 12.1 Å². The van der Waals surface area contributed by atoms with E-state index in [2.05, 4.69) is 0 Å². The predicted molar refractivity (Wildman–Crippen MR) is 64.3 cm³/mol. The SMILES string of the molecule is N[C@@]12CCCC[C@@H]1CCc1ccc(O)cc12. The third-order valence-electron chi connectivity index (χ3n) is 4.48.